The van der Waals surface area contributed by atoms with Crippen LogP contribution >= 0.6 is 11.8 Å². The summed E-state index contributed by atoms with van der Waals surface area (Å²) in [5.74, 6) is 0.666. The Hall–Kier alpha value is -3.25. The minimum absolute atomic E-state index is 0.139. The van der Waals surface area contributed by atoms with Gasteiger partial charge in [-0.15, -0.1) is 0 Å². The molecule has 0 saturated carbocycles. The third-order valence-corrected chi connectivity index (χ3v) is 5.69. The fraction of sp³-hybridized carbons (Fsp3) is 0.130. The molecular formula is C23H21N3O2S. The number of amides is 1. The molecule has 0 bridgehead atoms. The topological polar surface area (TPSA) is 55.6 Å². The second-order valence-corrected chi connectivity index (χ2v) is 7.78. The molecule has 2 aromatic carbocycles. The first-order valence-electron chi connectivity index (χ1n) is 9.22. The van der Waals surface area contributed by atoms with Gasteiger partial charge in [0.1, 0.15) is 5.75 Å². The van der Waals surface area contributed by atoms with Crippen molar-refractivity contribution in [2.24, 2.45) is 4.99 Å². The van der Waals surface area contributed by atoms with Gasteiger partial charge in [0.25, 0.3) is 5.91 Å². The predicted octanol–water partition coefficient (Wildman–Crippen LogP) is 4.99. The standard InChI is InChI=1S/C23H21N3O2S/c1-15-6-7-17(13-16(15)2)24-23-25-22(27)21(29-23)14-19-5-4-12-26(19)18-8-10-20(28-3)11-9-18/h4-14H,1-3H3,(H,24,25,27)/b21-14-. The Morgan fingerprint density at radius 2 is 1.86 bits per heavy atom. The van der Waals surface area contributed by atoms with Crippen molar-refractivity contribution in [1.82, 2.24) is 9.88 Å². The third kappa shape index (κ3) is 4.12. The molecule has 1 N–H and O–H groups in total. The van der Waals surface area contributed by atoms with Gasteiger partial charge in [0, 0.05) is 17.6 Å². The SMILES string of the molecule is COc1ccc(-n2cccc2/C=C2\SC(=Nc3ccc(C)c(C)c3)NC2=O)cc1. The largest absolute Gasteiger partial charge is 0.497 e. The van der Waals surface area contributed by atoms with E-state index in [-0.39, 0.29) is 5.91 Å². The van der Waals surface area contributed by atoms with E-state index in [1.807, 2.05) is 71.4 Å². The number of rotatable bonds is 4. The van der Waals surface area contributed by atoms with Gasteiger partial charge in [-0.1, -0.05) is 6.07 Å². The van der Waals surface area contributed by atoms with Crippen LogP contribution in [0.3, 0.4) is 0 Å². The molecule has 1 saturated heterocycles. The Morgan fingerprint density at radius 3 is 2.59 bits per heavy atom. The van der Waals surface area contributed by atoms with Gasteiger partial charge in [-0.2, -0.15) is 0 Å². The minimum Gasteiger partial charge on any atom is -0.497 e. The highest BCUT2D eigenvalue weighted by molar-refractivity contribution is 8.18. The maximum atomic E-state index is 12.4. The van der Waals surface area contributed by atoms with Crippen molar-refractivity contribution in [2.45, 2.75) is 13.8 Å². The smallest absolute Gasteiger partial charge is 0.264 e. The molecule has 1 aliphatic rings. The van der Waals surface area contributed by atoms with Crippen molar-refractivity contribution < 1.29 is 9.53 Å². The van der Waals surface area contributed by atoms with Crippen LogP contribution < -0.4 is 10.1 Å². The number of nitrogens with one attached hydrogen (secondary N) is 1. The van der Waals surface area contributed by atoms with Crippen LogP contribution in [0.25, 0.3) is 11.8 Å². The van der Waals surface area contributed by atoms with Gasteiger partial charge in [-0.25, -0.2) is 4.99 Å². The minimum atomic E-state index is -0.139. The zero-order valence-electron chi connectivity index (χ0n) is 16.5. The van der Waals surface area contributed by atoms with Crippen molar-refractivity contribution in [1.29, 1.82) is 0 Å². The van der Waals surface area contributed by atoms with Crippen LogP contribution in [0.5, 0.6) is 5.75 Å². The van der Waals surface area contributed by atoms with E-state index >= 15 is 0 Å². The zero-order valence-corrected chi connectivity index (χ0v) is 17.3. The summed E-state index contributed by atoms with van der Waals surface area (Å²) in [6.07, 6.45) is 3.85. The summed E-state index contributed by atoms with van der Waals surface area (Å²) in [7, 11) is 1.65. The maximum Gasteiger partial charge on any atom is 0.264 e. The zero-order chi connectivity index (χ0) is 20.4. The van der Waals surface area contributed by atoms with Gasteiger partial charge in [0.2, 0.25) is 0 Å². The summed E-state index contributed by atoms with van der Waals surface area (Å²) in [4.78, 5) is 17.6. The molecule has 0 aliphatic carbocycles. The van der Waals surface area contributed by atoms with Crippen molar-refractivity contribution >= 4 is 34.6 Å². The summed E-state index contributed by atoms with van der Waals surface area (Å²) < 4.78 is 7.25. The first-order valence-corrected chi connectivity index (χ1v) is 10.0. The van der Waals surface area contributed by atoms with Crippen LogP contribution in [0.15, 0.2) is 70.7 Å². The highest BCUT2D eigenvalue weighted by Crippen LogP contribution is 2.29. The van der Waals surface area contributed by atoms with Crippen LogP contribution in [0.4, 0.5) is 5.69 Å². The monoisotopic (exact) mass is 403 g/mol. The number of carbonyl (C=O) groups excluding carboxylic acids is 1. The molecular weight excluding hydrogens is 382 g/mol. The van der Waals surface area contributed by atoms with E-state index in [1.54, 1.807) is 7.11 Å². The Morgan fingerprint density at radius 1 is 1.07 bits per heavy atom. The van der Waals surface area contributed by atoms with Crippen LogP contribution in [0, 0.1) is 13.8 Å². The lowest BCUT2D eigenvalue weighted by Crippen LogP contribution is -2.19. The van der Waals surface area contributed by atoms with E-state index in [4.69, 9.17) is 4.74 Å². The first-order chi connectivity index (χ1) is 14.0. The second-order valence-electron chi connectivity index (χ2n) is 6.75. The predicted molar refractivity (Wildman–Crippen MR) is 119 cm³/mol. The molecule has 0 radical (unpaired) electrons. The molecule has 0 unspecified atom stereocenters. The van der Waals surface area contributed by atoms with Crippen molar-refractivity contribution in [2.75, 3.05) is 7.11 Å². The summed E-state index contributed by atoms with van der Waals surface area (Å²) in [5, 5.41) is 3.44. The molecule has 0 spiro atoms. The molecule has 1 aliphatic heterocycles. The molecule has 1 fully saturated rings. The van der Waals surface area contributed by atoms with E-state index < -0.39 is 0 Å². The number of hydrogen-bond donors (Lipinski definition) is 1. The van der Waals surface area contributed by atoms with Crippen LogP contribution in [-0.2, 0) is 4.79 Å². The lowest BCUT2D eigenvalue weighted by molar-refractivity contribution is -0.115. The molecule has 6 heteroatoms. The summed E-state index contributed by atoms with van der Waals surface area (Å²) in [6, 6.07) is 17.7. The number of carbonyl (C=O) groups is 1. The van der Waals surface area contributed by atoms with Crippen molar-refractivity contribution in [3.8, 4) is 11.4 Å². The number of aryl methyl sites for hydroxylation is 2. The van der Waals surface area contributed by atoms with E-state index in [0.29, 0.717) is 10.1 Å². The summed E-state index contributed by atoms with van der Waals surface area (Å²) in [5.41, 5.74) is 5.14. The van der Waals surface area contributed by atoms with Crippen molar-refractivity contribution in [3.05, 3.63) is 82.5 Å². The molecule has 3 aromatic rings. The quantitative estimate of drug-likeness (QED) is 0.624. The van der Waals surface area contributed by atoms with Gasteiger partial charge in [0.15, 0.2) is 5.17 Å². The lowest BCUT2D eigenvalue weighted by Gasteiger charge is -2.08. The summed E-state index contributed by atoms with van der Waals surface area (Å²) >= 11 is 1.35. The van der Waals surface area contributed by atoms with Gasteiger partial charge < -0.3 is 14.6 Å². The fourth-order valence-corrected chi connectivity index (χ4v) is 3.84. The molecule has 1 amide bonds. The number of aliphatic imine (C=N–C) groups is 1. The van der Waals surface area contributed by atoms with E-state index in [9.17, 15) is 4.79 Å². The lowest BCUT2D eigenvalue weighted by atomic mass is 10.1. The van der Waals surface area contributed by atoms with Crippen LogP contribution in [0.1, 0.15) is 16.8 Å². The van der Waals surface area contributed by atoms with Crippen LogP contribution in [-0.4, -0.2) is 22.8 Å². The first kappa shape index (κ1) is 19.1. The second kappa shape index (κ2) is 8.01. The molecule has 5 nitrogen and oxygen atoms in total. The number of benzene rings is 2. The Labute approximate surface area is 174 Å². The average Bonchev–Trinajstić information content (AvgIpc) is 3.31. The van der Waals surface area contributed by atoms with Crippen LogP contribution in [0.2, 0.25) is 0 Å². The van der Waals surface area contributed by atoms with Gasteiger partial charge >= 0.3 is 0 Å². The van der Waals surface area contributed by atoms with Gasteiger partial charge in [-0.05, 0) is 91.3 Å². The average molecular weight is 404 g/mol. The van der Waals surface area contributed by atoms with Crippen molar-refractivity contribution in [3.63, 3.8) is 0 Å². The van der Waals surface area contributed by atoms with Gasteiger partial charge in [0.05, 0.1) is 17.7 Å². The maximum absolute atomic E-state index is 12.4. The molecule has 1 aromatic heterocycles. The normalized spacial score (nSPS) is 16.4. The molecule has 0 atom stereocenters. The number of methoxy groups -OCH3 is 1. The molecule has 2 heterocycles. The highest BCUT2D eigenvalue weighted by Gasteiger charge is 2.24. The molecule has 146 valence electrons. The number of thioether (sulfide) groups is 1. The fourth-order valence-electron chi connectivity index (χ4n) is 3.02. The molecule has 4 rings (SSSR count). The summed E-state index contributed by atoms with van der Waals surface area (Å²) in [6.45, 7) is 4.12. The number of hydrogen-bond acceptors (Lipinski definition) is 4. The number of aromatic nitrogens is 1. The number of nitrogens with zero attached hydrogens (tertiary/aromatic N) is 2. The van der Waals surface area contributed by atoms with E-state index in [2.05, 4.69) is 24.2 Å². The third-order valence-electron chi connectivity index (χ3n) is 4.78. The molecule has 29 heavy (non-hydrogen) atoms. The Balaban J connectivity index is 1.59. The van der Waals surface area contributed by atoms with Gasteiger partial charge in [-0.3, -0.25) is 4.79 Å². The number of ether oxygens (including phenoxy) is 1. The number of amidine groups is 1. The highest BCUT2D eigenvalue weighted by atomic mass is 32.2. The van der Waals surface area contributed by atoms with E-state index in [0.717, 1.165) is 22.8 Å². The Kier molecular flexibility index (Phi) is 5.27. The Bertz CT molecular complexity index is 1130. The van der Waals surface area contributed by atoms with E-state index in [1.165, 1.54) is 22.9 Å².